The van der Waals surface area contributed by atoms with Crippen LogP contribution in [0.15, 0.2) is 35.7 Å². The maximum atomic E-state index is 12.2. The number of aromatic nitrogens is 1. The minimum absolute atomic E-state index is 0.171. The molecule has 1 atom stereocenters. The summed E-state index contributed by atoms with van der Waals surface area (Å²) in [5.74, 6) is -0.171. The van der Waals surface area contributed by atoms with E-state index in [0.717, 1.165) is 22.7 Å². The molecule has 0 radical (unpaired) electrons. The summed E-state index contributed by atoms with van der Waals surface area (Å²) < 4.78 is 0. The second kappa shape index (κ2) is 6.15. The van der Waals surface area contributed by atoms with Gasteiger partial charge >= 0.3 is 0 Å². The molecule has 1 heterocycles. The first-order valence-corrected chi connectivity index (χ1v) is 7.42. The third-order valence-corrected chi connectivity index (χ3v) is 4.00. The van der Waals surface area contributed by atoms with E-state index in [1.807, 2.05) is 42.6 Å². The second-order valence-electron chi connectivity index (χ2n) is 4.93. The highest BCUT2D eigenvalue weighted by molar-refractivity contribution is 7.09. The number of benzene rings is 1. The number of nitrogens with zero attached hydrogens (tertiary/aromatic N) is 1. The molecule has 1 aromatic heterocycles. The lowest BCUT2D eigenvalue weighted by Gasteiger charge is -2.24. The van der Waals surface area contributed by atoms with Crippen LogP contribution < -0.4 is 11.1 Å². The first-order chi connectivity index (χ1) is 9.50. The number of nitrogens with one attached hydrogen (secondary N) is 1. The van der Waals surface area contributed by atoms with Crippen molar-refractivity contribution in [1.82, 2.24) is 10.3 Å². The first kappa shape index (κ1) is 14.7. The number of carbonyl (C=O) groups is 1. The number of thiazole rings is 1. The Morgan fingerprint density at radius 1 is 1.40 bits per heavy atom. The molecule has 0 aliphatic carbocycles. The van der Waals surface area contributed by atoms with Gasteiger partial charge in [0.15, 0.2) is 0 Å². The Bertz CT molecular complexity index is 578. The monoisotopic (exact) mass is 289 g/mol. The lowest BCUT2D eigenvalue weighted by atomic mass is 9.92. The molecule has 0 aliphatic rings. The smallest absolute Gasteiger partial charge is 0.244 e. The normalized spacial score (nSPS) is 13.8. The summed E-state index contributed by atoms with van der Waals surface area (Å²) in [6.45, 7) is 4.24. The predicted octanol–water partition coefficient (Wildman–Crippen LogP) is 1.98. The van der Waals surface area contributed by atoms with Crippen LogP contribution >= 0.6 is 11.3 Å². The van der Waals surface area contributed by atoms with Gasteiger partial charge in [0.25, 0.3) is 0 Å². The van der Waals surface area contributed by atoms with Crippen molar-refractivity contribution in [3.63, 3.8) is 0 Å². The molecule has 0 aliphatic heterocycles. The highest BCUT2D eigenvalue weighted by Crippen LogP contribution is 2.17. The van der Waals surface area contributed by atoms with Crippen molar-refractivity contribution in [3.8, 4) is 0 Å². The van der Waals surface area contributed by atoms with Gasteiger partial charge in [-0.15, -0.1) is 11.3 Å². The molecular weight excluding hydrogens is 270 g/mol. The molecule has 1 aromatic carbocycles. The molecule has 0 saturated heterocycles. The van der Waals surface area contributed by atoms with Crippen LogP contribution in [-0.2, 0) is 16.8 Å². The van der Waals surface area contributed by atoms with E-state index in [-0.39, 0.29) is 5.91 Å². The largest absolute Gasteiger partial charge is 0.354 e. The fourth-order valence-electron chi connectivity index (χ4n) is 1.93. The van der Waals surface area contributed by atoms with Crippen molar-refractivity contribution in [2.75, 3.05) is 6.54 Å². The zero-order valence-corrected chi connectivity index (χ0v) is 12.5. The number of rotatable bonds is 5. The van der Waals surface area contributed by atoms with Gasteiger partial charge in [-0.1, -0.05) is 30.3 Å². The lowest BCUT2D eigenvalue weighted by Crippen LogP contribution is -2.49. The number of amides is 1. The van der Waals surface area contributed by atoms with Crippen LogP contribution in [0.1, 0.15) is 23.2 Å². The summed E-state index contributed by atoms with van der Waals surface area (Å²) in [5.41, 5.74) is 6.94. The van der Waals surface area contributed by atoms with Crippen molar-refractivity contribution >= 4 is 17.2 Å². The van der Waals surface area contributed by atoms with Gasteiger partial charge in [0.2, 0.25) is 5.91 Å². The minimum Gasteiger partial charge on any atom is -0.354 e. The third kappa shape index (κ3) is 3.43. The van der Waals surface area contributed by atoms with Crippen LogP contribution in [0.5, 0.6) is 0 Å². The molecule has 1 amide bonds. The SMILES string of the molecule is Cc1nc(CCNC(=O)C(C)(N)c2ccccc2)cs1. The molecule has 3 N–H and O–H groups in total. The molecule has 1 unspecified atom stereocenters. The van der Waals surface area contributed by atoms with E-state index in [0.29, 0.717) is 6.54 Å². The number of aryl methyl sites for hydroxylation is 1. The standard InChI is InChI=1S/C15H19N3OS/c1-11-18-13(10-20-11)8-9-17-14(19)15(2,16)12-6-4-3-5-7-12/h3-7,10H,8-9,16H2,1-2H3,(H,17,19). The molecular formula is C15H19N3OS. The zero-order chi connectivity index (χ0) is 14.6. The van der Waals surface area contributed by atoms with Crippen molar-refractivity contribution in [2.45, 2.75) is 25.8 Å². The summed E-state index contributed by atoms with van der Waals surface area (Å²) in [6, 6.07) is 9.40. The Kier molecular flexibility index (Phi) is 4.52. The van der Waals surface area contributed by atoms with Crippen molar-refractivity contribution in [3.05, 3.63) is 52.0 Å². The topological polar surface area (TPSA) is 68.0 Å². The molecule has 0 fully saturated rings. The van der Waals surface area contributed by atoms with Crippen LogP contribution in [0.3, 0.4) is 0 Å². The minimum atomic E-state index is -1.01. The van der Waals surface area contributed by atoms with Gasteiger partial charge in [0.1, 0.15) is 5.54 Å². The van der Waals surface area contributed by atoms with Crippen molar-refractivity contribution in [2.24, 2.45) is 5.73 Å². The molecule has 5 heteroatoms. The molecule has 2 rings (SSSR count). The molecule has 0 bridgehead atoms. The quantitative estimate of drug-likeness (QED) is 0.884. The van der Waals surface area contributed by atoms with E-state index in [2.05, 4.69) is 10.3 Å². The number of hydrogen-bond donors (Lipinski definition) is 2. The number of carbonyl (C=O) groups excluding carboxylic acids is 1. The average Bonchev–Trinajstić information content (AvgIpc) is 2.85. The number of nitrogens with two attached hydrogens (primary N) is 1. The molecule has 0 saturated carbocycles. The maximum Gasteiger partial charge on any atom is 0.244 e. The summed E-state index contributed by atoms with van der Waals surface area (Å²) in [5, 5.41) is 5.94. The summed E-state index contributed by atoms with van der Waals surface area (Å²) in [4.78, 5) is 16.6. The van der Waals surface area contributed by atoms with Crippen LogP contribution in [0.25, 0.3) is 0 Å². The highest BCUT2D eigenvalue weighted by Gasteiger charge is 2.29. The van der Waals surface area contributed by atoms with E-state index in [9.17, 15) is 4.79 Å². The Morgan fingerprint density at radius 2 is 2.10 bits per heavy atom. The Hall–Kier alpha value is -1.72. The van der Waals surface area contributed by atoms with Gasteiger partial charge in [0.05, 0.1) is 10.7 Å². The zero-order valence-electron chi connectivity index (χ0n) is 11.7. The van der Waals surface area contributed by atoms with Crippen LogP contribution in [0.2, 0.25) is 0 Å². The number of hydrogen-bond acceptors (Lipinski definition) is 4. The van der Waals surface area contributed by atoms with Gasteiger partial charge in [0, 0.05) is 18.3 Å². The Labute approximate surface area is 123 Å². The van der Waals surface area contributed by atoms with Crippen LogP contribution in [-0.4, -0.2) is 17.4 Å². The first-order valence-electron chi connectivity index (χ1n) is 6.54. The average molecular weight is 289 g/mol. The van der Waals surface area contributed by atoms with Gasteiger partial charge in [-0.3, -0.25) is 4.79 Å². The second-order valence-corrected chi connectivity index (χ2v) is 5.99. The lowest BCUT2D eigenvalue weighted by molar-refractivity contribution is -0.126. The summed E-state index contributed by atoms with van der Waals surface area (Å²) in [6.07, 6.45) is 0.723. The Morgan fingerprint density at radius 3 is 2.70 bits per heavy atom. The molecule has 0 spiro atoms. The van der Waals surface area contributed by atoms with Crippen LogP contribution in [0, 0.1) is 6.92 Å². The van der Waals surface area contributed by atoms with E-state index in [1.165, 1.54) is 0 Å². The van der Waals surface area contributed by atoms with Gasteiger partial charge in [-0.2, -0.15) is 0 Å². The van der Waals surface area contributed by atoms with Gasteiger partial charge in [-0.05, 0) is 19.4 Å². The van der Waals surface area contributed by atoms with E-state index >= 15 is 0 Å². The molecule has 4 nitrogen and oxygen atoms in total. The fourth-order valence-corrected chi connectivity index (χ4v) is 2.57. The predicted molar refractivity (Wildman–Crippen MR) is 81.5 cm³/mol. The highest BCUT2D eigenvalue weighted by atomic mass is 32.1. The van der Waals surface area contributed by atoms with Gasteiger partial charge in [-0.25, -0.2) is 4.98 Å². The third-order valence-electron chi connectivity index (χ3n) is 3.18. The fraction of sp³-hybridized carbons (Fsp3) is 0.333. The van der Waals surface area contributed by atoms with Crippen molar-refractivity contribution in [1.29, 1.82) is 0 Å². The maximum absolute atomic E-state index is 12.2. The van der Waals surface area contributed by atoms with Crippen molar-refractivity contribution < 1.29 is 4.79 Å². The Balaban J connectivity index is 1.91. The van der Waals surface area contributed by atoms with Crippen LogP contribution in [0.4, 0.5) is 0 Å². The summed E-state index contributed by atoms with van der Waals surface area (Å²) in [7, 11) is 0. The molecule has 20 heavy (non-hydrogen) atoms. The van der Waals surface area contributed by atoms with E-state index in [4.69, 9.17) is 5.73 Å². The van der Waals surface area contributed by atoms with E-state index < -0.39 is 5.54 Å². The van der Waals surface area contributed by atoms with E-state index in [1.54, 1.807) is 18.3 Å². The molecule has 106 valence electrons. The molecule has 2 aromatic rings. The van der Waals surface area contributed by atoms with Gasteiger partial charge < -0.3 is 11.1 Å². The summed E-state index contributed by atoms with van der Waals surface area (Å²) >= 11 is 1.62.